The van der Waals surface area contributed by atoms with Gasteiger partial charge in [0.1, 0.15) is 18.2 Å². The maximum Gasteiger partial charge on any atom is 0.226 e. The molecule has 3 rings (SSSR count). The summed E-state index contributed by atoms with van der Waals surface area (Å²) in [7, 11) is 0. The van der Waals surface area contributed by atoms with Gasteiger partial charge in [-0.05, 0) is 29.7 Å². The number of carbonyl (C=O) groups is 1. The lowest BCUT2D eigenvalue weighted by Gasteiger charge is -2.24. The molecule has 3 nitrogen and oxygen atoms in total. The molecular weight excluding hydrogens is 325 g/mol. The second kappa shape index (κ2) is 8.20. The van der Waals surface area contributed by atoms with E-state index in [9.17, 15) is 9.18 Å². The second-order valence-electron chi connectivity index (χ2n) is 5.75. The molecule has 24 heavy (non-hydrogen) atoms. The van der Waals surface area contributed by atoms with Gasteiger partial charge in [0.05, 0.1) is 5.92 Å². The standard InChI is InChI=1S/C19H20FNO2S/c20-17-7-3-1-6-15(17)13-24-10-9-21-19(22)16-11-14-5-2-4-8-18(14)23-12-16/h1-8,16H,9-13H2,(H,21,22). The Labute approximate surface area is 145 Å². The molecule has 0 saturated carbocycles. The van der Waals surface area contributed by atoms with Crippen LogP contribution in [0.15, 0.2) is 48.5 Å². The van der Waals surface area contributed by atoms with Gasteiger partial charge in [-0.15, -0.1) is 0 Å². The van der Waals surface area contributed by atoms with Gasteiger partial charge < -0.3 is 10.1 Å². The Bertz CT molecular complexity index is 707. The maximum atomic E-state index is 13.5. The zero-order chi connectivity index (χ0) is 16.8. The van der Waals surface area contributed by atoms with Gasteiger partial charge in [0.15, 0.2) is 0 Å². The minimum atomic E-state index is -0.174. The Hall–Kier alpha value is -2.01. The number of rotatable bonds is 6. The number of benzene rings is 2. The van der Waals surface area contributed by atoms with Crippen molar-refractivity contribution in [2.75, 3.05) is 18.9 Å². The molecule has 0 aromatic heterocycles. The molecule has 5 heteroatoms. The molecule has 1 aliphatic rings. The largest absolute Gasteiger partial charge is 0.492 e. The van der Waals surface area contributed by atoms with Crippen molar-refractivity contribution in [2.45, 2.75) is 12.2 Å². The SMILES string of the molecule is O=C(NCCSCc1ccccc1F)C1COc2ccccc2C1. The Balaban J connectivity index is 1.38. The third kappa shape index (κ3) is 4.29. The number of ether oxygens (including phenoxy) is 1. The predicted octanol–water partition coefficient (Wildman–Crippen LogP) is 3.43. The number of thioether (sulfide) groups is 1. The van der Waals surface area contributed by atoms with Gasteiger partial charge in [-0.2, -0.15) is 11.8 Å². The Morgan fingerprint density at radius 1 is 1.21 bits per heavy atom. The van der Waals surface area contributed by atoms with Crippen molar-refractivity contribution in [1.82, 2.24) is 5.32 Å². The molecule has 1 heterocycles. The number of fused-ring (bicyclic) bond motifs is 1. The number of amides is 1. The van der Waals surface area contributed by atoms with E-state index in [1.54, 1.807) is 23.9 Å². The van der Waals surface area contributed by atoms with E-state index in [2.05, 4.69) is 5.32 Å². The average molecular weight is 345 g/mol. The van der Waals surface area contributed by atoms with Gasteiger partial charge in [0.25, 0.3) is 0 Å². The van der Waals surface area contributed by atoms with Crippen LogP contribution in [0, 0.1) is 11.7 Å². The van der Waals surface area contributed by atoms with Gasteiger partial charge >= 0.3 is 0 Å². The summed E-state index contributed by atoms with van der Waals surface area (Å²) in [5.41, 5.74) is 1.78. The molecule has 0 fully saturated rings. The minimum absolute atomic E-state index is 0.0241. The van der Waals surface area contributed by atoms with Gasteiger partial charge in [-0.25, -0.2) is 4.39 Å². The lowest BCUT2D eigenvalue weighted by molar-refractivity contribution is -0.126. The molecule has 1 aliphatic heterocycles. The van der Waals surface area contributed by atoms with Crippen LogP contribution in [0.2, 0.25) is 0 Å². The molecule has 1 N–H and O–H groups in total. The van der Waals surface area contributed by atoms with Crippen molar-refractivity contribution >= 4 is 17.7 Å². The number of carbonyl (C=O) groups excluding carboxylic acids is 1. The fourth-order valence-corrected chi connectivity index (χ4v) is 3.53. The number of hydrogen-bond acceptors (Lipinski definition) is 3. The number of hydrogen-bond donors (Lipinski definition) is 1. The Morgan fingerprint density at radius 3 is 2.88 bits per heavy atom. The van der Waals surface area contributed by atoms with Crippen LogP contribution in [0.3, 0.4) is 0 Å². The molecule has 1 unspecified atom stereocenters. The highest BCUT2D eigenvalue weighted by Gasteiger charge is 2.25. The van der Waals surface area contributed by atoms with Gasteiger partial charge in [0.2, 0.25) is 5.91 Å². The van der Waals surface area contributed by atoms with E-state index in [0.29, 0.717) is 30.9 Å². The monoisotopic (exact) mass is 345 g/mol. The second-order valence-corrected chi connectivity index (χ2v) is 6.86. The van der Waals surface area contributed by atoms with Gasteiger partial charge in [0, 0.05) is 18.1 Å². The van der Waals surface area contributed by atoms with E-state index in [0.717, 1.165) is 17.1 Å². The van der Waals surface area contributed by atoms with E-state index in [1.807, 2.05) is 30.3 Å². The van der Waals surface area contributed by atoms with Crippen LogP contribution < -0.4 is 10.1 Å². The number of nitrogens with one attached hydrogen (secondary N) is 1. The third-order valence-electron chi connectivity index (χ3n) is 4.01. The van der Waals surface area contributed by atoms with Crippen LogP contribution in [-0.2, 0) is 17.0 Å². The average Bonchev–Trinajstić information content (AvgIpc) is 2.62. The highest BCUT2D eigenvalue weighted by molar-refractivity contribution is 7.98. The molecule has 1 amide bonds. The zero-order valence-electron chi connectivity index (χ0n) is 13.3. The summed E-state index contributed by atoms with van der Waals surface area (Å²) in [6.45, 7) is 1.00. The van der Waals surface area contributed by atoms with Crippen molar-refractivity contribution in [3.63, 3.8) is 0 Å². The van der Waals surface area contributed by atoms with Crippen LogP contribution in [0.4, 0.5) is 4.39 Å². The summed E-state index contributed by atoms with van der Waals surface area (Å²) in [6.07, 6.45) is 0.713. The van der Waals surface area contributed by atoms with Crippen molar-refractivity contribution in [1.29, 1.82) is 0 Å². The van der Waals surface area contributed by atoms with Crippen LogP contribution in [0.1, 0.15) is 11.1 Å². The lowest BCUT2D eigenvalue weighted by atomic mass is 9.96. The molecule has 0 saturated heterocycles. The summed E-state index contributed by atoms with van der Waals surface area (Å²) in [4.78, 5) is 12.2. The smallest absolute Gasteiger partial charge is 0.226 e. The Morgan fingerprint density at radius 2 is 2.00 bits per heavy atom. The summed E-state index contributed by atoms with van der Waals surface area (Å²) >= 11 is 1.61. The van der Waals surface area contributed by atoms with Crippen molar-refractivity contribution in [2.24, 2.45) is 5.92 Å². The number of para-hydroxylation sites is 1. The van der Waals surface area contributed by atoms with Crippen LogP contribution in [0.25, 0.3) is 0 Å². The lowest BCUT2D eigenvalue weighted by Crippen LogP contribution is -2.38. The first-order valence-electron chi connectivity index (χ1n) is 8.03. The molecule has 0 bridgehead atoms. The van der Waals surface area contributed by atoms with E-state index in [-0.39, 0.29) is 17.6 Å². The van der Waals surface area contributed by atoms with E-state index in [4.69, 9.17) is 4.74 Å². The highest BCUT2D eigenvalue weighted by atomic mass is 32.2. The van der Waals surface area contributed by atoms with E-state index < -0.39 is 0 Å². The summed E-state index contributed by atoms with van der Waals surface area (Å²) in [5, 5.41) is 2.95. The molecule has 126 valence electrons. The maximum absolute atomic E-state index is 13.5. The molecule has 0 spiro atoms. The quantitative estimate of drug-likeness (QED) is 0.815. The predicted molar refractivity (Wildman–Crippen MR) is 94.7 cm³/mol. The summed E-state index contributed by atoms with van der Waals surface area (Å²) in [5.74, 6) is 1.95. The van der Waals surface area contributed by atoms with Crippen LogP contribution in [-0.4, -0.2) is 24.8 Å². The molecule has 2 aromatic carbocycles. The molecule has 2 aromatic rings. The highest BCUT2D eigenvalue weighted by Crippen LogP contribution is 2.26. The normalized spacial score (nSPS) is 16.1. The van der Waals surface area contributed by atoms with E-state index >= 15 is 0 Å². The summed E-state index contributed by atoms with van der Waals surface area (Å²) in [6, 6.07) is 14.6. The fraction of sp³-hybridized carbons (Fsp3) is 0.316. The van der Waals surface area contributed by atoms with Crippen molar-refractivity contribution in [3.8, 4) is 5.75 Å². The Kier molecular flexibility index (Phi) is 5.75. The molecular formula is C19H20FNO2S. The van der Waals surface area contributed by atoms with Gasteiger partial charge in [-0.1, -0.05) is 36.4 Å². The number of halogens is 1. The fourth-order valence-electron chi connectivity index (χ4n) is 2.68. The summed E-state index contributed by atoms with van der Waals surface area (Å²) < 4.78 is 19.1. The van der Waals surface area contributed by atoms with Gasteiger partial charge in [-0.3, -0.25) is 4.79 Å². The van der Waals surface area contributed by atoms with Crippen LogP contribution >= 0.6 is 11.8 Å². The van der Waals surface area contributed by atoms with E-state index in [1.165, 1.54) is 6.07 Å². The zero-order valence-corrected chi connectivity index (χ0v) is 14.2. The third-order valence-corrected chi connectivity index (χ3v) is 5.02. The first-order valence-corrected chi connectivity index (χ1v) is 9.19. The van der Waals surface area contributed by atoms with Crippen LogP contribution in [0.5, 0.6) is 5.75 Å². The minimum Gasteiger partial charge on any atom is -0.492 e. The molecule has 0 radical (unpaired) electrons. The topological polar surface area (TPSA) is 38.3 Å². The van der Waals surface area contributed by atoms with Crippen molar-refractivity contribution in [3.05, 3.63) is 65.5 Å². The van der Waals surface area contributed by atoms with Crippen molar-refractivity contribution < 1.29 is 13.9 Å². The molecule has 1 atom stereocenters. The first kappa shape index (κ1) is 16.8. The molecule has 0 aliphatic carbocycles. The first-order chi connectivity index (χ1) is 11.7.